The summed E-state index contributed by atoms with van der Waals surface area (Å²) in [6.45, 7) is 3.45. The van der Waals surface area contributed by atoms with Crippen molar-refractivity contribution in [1.29, 1.82) is 5.26 Å². The molecule has 5 heteroatoms. The number of nitriles is 1. The molecule has 4 nitrogen and oxygen atoms in total. The Morgan fingerprint density at radius 1 is 1.43 bits per heavy atom. The van der Waals surface area contributed by atoms with Crippen LogP contribution < -0.4 is 4.90 Å². The number of halogens is 1. The highest BCUT2D eigenvalue weighted by atomic mass is 35.5. The van der Waals surface area contributed by atoms with Crippen LogP contribution in [0.3, 0.4) is 0 Å². The lowest BCUT2D eigenvalue weighted by Gasteiger charge is -2.35. The largest absolute Gasteiger partial charge is 0.391 e. The molecule has 1 fully saturated rings. The molecule has 2 atom stereocenters. The Bertz CT molecular complexity index is 725. The van der Waals surface area contributed by atoms with Crippen molar-refractivity contribution < 1.29 is 5.11 Å². The minimum absolute atomic E-state index is 0.302. The molecule has 1 N–H and O–H groups in total. The van der Waals surface area contributed by atoms with E-state index in [9.17, 15) is 10.4 Å². The molecule has 2 unspecified atom stereocenters. The fourth-order valence-corrected chi connectivity index (χ4v) is 2.87. The summed E-state index contributed by atoms with van der Waals surface area (Å²) < 4.78 is 0. The molecule has 108 valence electrons. The Morgan fingerprint density at radius 2 is 2.24 bits per heavy atom. The molecule has 1 aromatic heterocycles. The van der Waals surface area contributed by atoms with Crippen molar-refractivity contribution in [1.82, 2.24) is 4.98 Å². The third-order valence-corrected chi connectivity index (χ3v) is 4.36. The second-order valence-corrected chi connectivity index (χ2v) is 6.02. The molecule has 0 radical (unpaired) electrons. The Kier molecular flexibility index (Phi) is 3.71. The fraction of sp³-hybridized carbons (Fsp3) is 0.375. The predicted molar refractivity (Wildman–Crippen MR) is 83.5 cm³/mol. The van der Waals surface area contributed by atoms with Gasteiger partial charge in [-0.25, -0.2) is 4.98 Å². The number of piperidine rings is 1. The molecular formula is C16H16ClN3O. The number of β-amino-alcohol motifs (C(OH)–C–C–N with tert-alkyl or cyclic N) is 1. The monoisotopic (exact) mass is 301 g/mol. The van der Waals surface area contributed by atoms with E-state index in [0.717, 1.165) is 29.7 Å². The number of aliphatic hydroxyl groups is 1. The molecule has 0 bridgehead atoms. The topological polar surface area (TPSA) is 60.2 Å². The Morgan fingerprint density at radius 3 is 2.95 bits per heavy atom. The molecular weight excluding hydrogens is 286 g/mol. The van der Waals surface area contributed by atoms with Crippen LogP contribution in [0.5, 0.6) is 0 Å². The molecule has 21 heavy (non-hydrogen) atoms. The van der Waals surface area contributed by atoms with Gasteiger partial charge in [-0.3, -0.25) is 0 Å². The summed E-state index contributed by atoms with van der Waals surface area (Å²) >= 11 is 5.99. The maximum Gasteiger partial charge on any atom is 0.130 e. The van der Waals surface area contributed by atoms with Crippen molar-refractivity contribution in [3.05, 3.63) is 34.9 Å². The molecule has 1 aliphatic rings. The normalized spacial score (nSPS) is 22.3. The third kappa shape index (κ3) is 2.67. The van der Waals surface area contributed by atoms with Crippen LogP contribution in [0.4, 0.5) is 5.82 Å². The maximum absolute atomic E-state index is 10.0. The van der Waals surface area contributed by atoms with Gasteiger partial charge in [0, 0.05) is 23.5 Å². The van der Waals surface area contributed by atoms with Gasteiger partial charge in [-0.1, -0.05) is 18.5 Å². The summed E-state index contributed by atoms with van der Waals surface area (Å²) in [5, 5.41) is 20.7. The average Bonchev–Trinajstić information content (AvgIpc) is 2.49. The van der Waals surface area contributed by atoms with Crippen molar-refractivity contribution in [3.8, 4) is 6.07 Å². The summed E-state index contributed by atoms with van der Waals surface area (Å²) in [7, 11) is 0. The molecule has 0 amide bonds. The van der Waals surface area contributed by atoms with E-state index in [1.165, 1.54) is 0 Å². The molecule has 2 heterocycles. The zero-order valence-corrected chi connectivity index (χ0v) is 12.5. The standard InChI is InChI=1S/C16H16ClN3O/c1-10-4-5-20(9-15(10)21)16-6-11(8-18)13-7-12(17)2-3-14(13)19-16/h2-3,6-7,10,15,21H,4-5,9H2,1H3. The molecule has 3 rings (SSSR count). The van der Waals surface area contributed by atoms with Gasteiger partial charge >= 0.3 is 0 Å². The number of hydrogen-bond acceptors (Lipinski definition) is 4. The van der Waals surface area contributed by atoms with Crippen LogP contribution in [0.2, 0.25) is 5.02 Å². The highest BCUT2D eigenvalue weighted by molar-refractivity contribution is 6.31. The van der Waals surface area contributed by atoms with Crippen molar-refractivity contribution in [2.24, 2.45) is 5.92 Å². The second-order valence-electron chi connectivity index (χ2n) is 5.58. The van der Waals surface area contributed by atoms with Gasteiger partial charge in [0.05, 0.1) is 23.3 Å². The lowest BCUT2D eigenvalue weighted by atomic mass is 9.96. The molecule has 1 aromatic carbocycles. The lowest BCUT2D eigenvalue weighted by Crippen LogP contribution is -2.43. The minimum Gasteiger partial charge on any atom is -0.391 e. The first-order valence-electron chi connectivity index (χ1n) is 7.02. The molecule has 2 aromatic rings. The van der Waals surface area contributed by atoms with E-state index >= 15 is 0 Å². The Labute approximate surface area is 128 Å². The molecule has 1 saturated heterocycles. The summed E-state index contributed by atoms with van der Waals surface area (Å²) in [6, 6.07) is 9.35. The average molecular weight is 302 g/mol. The number of hydrogen-bond donors (Lipinski definition) is 1. The minimum atomic E-state index is -0.355. The smallest absolute Gasteiger partial charge is 0.130 e. The molecule has 1 aliphatic heterocycles. The van der Waals surface area contributed by atoms with Crippen molar-refractivity contribution >= 4 is 28.3 Å². The van der Waals surface area contributed by atoms with E-state index in [2.05, 4.69) is 18.0 Å². The van der Waals surface area contributed by atoms with Gasteiger partial charge in [-0.2, -0.15) is 5.26 Å². The summed E-state index contributed by atoms with van der Waals surface area (Å²) in [6.07, 6.45) is 0.565. The van der Waals surface area contributed by atoms with Gasteiger partial charge in [0.2, 0.25) is 0 Å². The number of nitrogens with zero attached hydrogens (tertiary/aromatic N) is 3. The molecule has 0 spiro atoms. The number of benzene rings is 1. The number of rotatable bonds is 1. The number of anilines is 1. The highest BCUT2D eigenvalue weighted by Gasteiger charge is 2.25. The van der Waals surface area contributed by atoms with Crippen LogP contribution in [0.15, 0.2) is 24.3 Å². The van der Waals surface area contributed by atoms with Crippen molar-refractivity contribution in [2.75, 3.05) is 18.0 Å². The zero-order valence-electron chi connectivity index (χ0n) is 11.8. The van der Waals surface area contributed by atoms with Crippen LogP contribution in [-0.2, 0) is 0 Å². The van der Waals surface area contributed by atoms with Crippen LogP contribution >= 0.6 is 11.6 Å². The van der Waals surface area contributed by atoms with E-state index in [4.69, 9.17) is 11.6 Å². The van der Waals surface area contributed by atoms with E-state index in [1.807, 2.05) is 11.0 Å². The highest BCUT2D eigenvalue weighted by Crippen LogP contribution is 2.28. The second kappa shape index (κ2) is 5.51. The Balaban J connectivity index is 2.04. The van der Waals surface area contributed by atoms with Gasteiger partial charge < -0.3 is 10.0 Å². The molecule has 0 saturated carbocycles. The van der Waals surface area contributed by atoms with E-state index in [-0.39, 0.29) is 6.10 Å². The van der Waals surface area contributed by atoms with Crippen LogP contribution in [0.25, 0.3) is 10.9 Å². The SMILES string of the molecule is CC1CCN(c2cc(C#N)c3cc(Cl)ccc3n2)CC1O. The summed E-state index contributed by atoms with van der Waals surface area (Å²) in [5.41, 5.74) is 1.31. The number of aliphatic hydroxyl groups excluding tert-OH is 1. The summed E-state index contributed by atoms with van der Waals surface area (Å²) in [5.74, 6) is 1.04. The van der Waals surface area contributed by atoms with E-state index in [1.54, 1.807) is 18.2 Å². The van der Waals surface area contributed by atoms with Gasteiger partial charge in [0.25, 0.3) is 0 Å². The van der Waals surface area contributed by atoms with Gasteiger partial charge in [-0.05, 0) is 36.6 Å². The van der Waals surface area contributed by atoms with E-state index in [0.29, 0.717) is 23.0 Å². The first kappa shape index (κ1) is 14.1. The van der Waals surface area contributed by atoms with Crippen LogP contribution in [0.1, 0.15) is 18.9 Å². The maximum atomic E-state index is 10.0. The van der Waals surface area contributed by atoms with Crippen molar-refractivity contribution in [2.45, 2.75) is 19.4 Å². The lowest BCUT2D eigenvalue weighted by molar-refractivity contribution is 0.102. The third-order valence-electron chi connectivity index (χ3n) is 4.12. The quantitative estimate of drug-likeness (QED) is 0.879. The first-order valence-corrected chi connectivity index (χ1v) is 7.39. The van der Waals surface area contributed by atoms with Gasteiger partial charge in [-0.15, -0.1) is 0 Å². The zero-order chi connectivity index (χ0) is 15.0. The van der Waals surface area contributed by atoms with Gasteiger partial charge in [0.15, 0.2) is 0 Å². The summed E-state index contributed by atoms with van der Waals surface area (Å²) in [4.78, 5) is 6.65. The van der Waals surface area contributed by atoms with Crippen LogP contribution in [-0.4, -0.2) is 29.3 Å². The van der Waals surface area contributed by atoms with Crippen LogP contribution in [0, 0.1) is 17.2 Å². The van der Waals surface area contributed by atoms with Gasteiger partial charge in [0.1, 0.15) is 5.82 Å². The number of fused-ring (bicyclic) bond motifs is 1. The number of pyridine rings is 1. The first-order chi connectivity index (χ1) is 10.1. The van der Waals surface area contributed by atoms with Crippen molar-refractivity contribution in [3.63, 3.8) is 0 Å². The Hall–Kier alpha value is -1.83. The predicted octanol–water partition coefficient (Wildman–Crippen LogP) is 2.97. The molecule has 0 aliphatic carbocycles. The number of aromatic nitrogens is 1. The van der Waals surface area contributed by atoms with E-state index < -0.39 is 0 Å². The fourth-order valence-electron chi connectivity index (χ4n) is 2.70.